The van der Waals surface area contributed by atoms with Gasteiger partial charge in [0.1, 0.15) is 17.3 Å². The Morgan fingerprint density at radius 3 is 2.46 bits per heavy atom. The van der Waals surface area contributed by atoms with Crippen molar-refractivity contribution in [3.8, 4) is 17.1 Å². The van der Waals surface area contributed by atoms with Gasteiger partial charge in [0.05, 0.1) is 7.11 Å². The Labute approximate surface area is 160 Å². The maximum atomic E-state index is 12.9. The molecule has 0 unspecified atom stereocenters. The Balaban J connectivity index is 1.56. The molecule has 144 valence electrons. The highest BCUT2D eigenvalue weighted by atomic mass is 19.1. The Kier molecular flexibility index (Phi) is 6.11. The van der Waals surface area contributed by atoms with Crippen LogP contribution in [0.15, 0.2) is 53.3 Å². The van der Waals surface area contributed by atoms with Crippen LogP contribution in [0.2, 0.25) is 0 Å². The van der Waals surface area contributed by atoms with Crippen LogP contribution in [-0.4, -0.2) is 28.2 Å². The number of aromatic amines is 1. The molecule has 0 spiro atoms. The zero-order chi connectivity index (χ0) is 19.9. The van der Waals surface area contributed by atoms with Crippen LogP contribution in [0.3, 0.4) is 0 Å². The molecule has 0 aliphatic rings. The van der Waals surface area contributed by atoms with E-state index in [1.807, 2.05) is 0 Å². The molecule has 0 bridgehead atoms. The molecule has 1 amide bonds. The average molecular weight is 382 g/mol. The molecule has 0 fully saturated rings. The Hall–Kier alpha value is -3.55. The summed E-state index contributed by atoms with van der Waals surface area (Å²) in [4.78, 5) is 26.8. The molecule has 2 aromatic carbocycles. The molecule has 0 saturated heterocycles. The van der Waals surface area contributed by atoms with Crippen LogP contribution in [0.4, 0.5) is 4.39 Å². The third-order valence-electron chi connectivity index (χ3n) is 4.12. The number of aryl methyl sites for hydroxylation is 1. The molecule has 3 aromatic rings. The van der Waals surface area contributed by atoms with E-state index in [4.69, 9.17) is 4.74 Å². The number of hydrogen-bond acceptors (Lipinski definition) is 5. The topological polar surface area (TPSA) is 97.0 Å². The third kappa shape index (κ3) is 5.00. The second-order valence-corrected chi connectivity index (χ2v) is 6.08. The first-order chi connectivity index (χ1) is 13.5. The highest BCUT2D eigenvalue weighted by Crippen LogP contribution is 2.17. The lowest BCUT2D eigenvalue weighted by atomic mass is 10.2. The molecule has 2 N–H and O–H groups in total. The van der Waals surface area contributed by atoms with E-state index in [9.17, 15) is 14.0 Å². The largest absolute Gasteiger partial charge is 0.497 e. The molecular weight excluding hydrogens is 363 g/mol. The van der Waals surface area contributed by atoms with Crippen molar-refractivity contribution in [1.82, 2.24) is 20.5 Å². The summed E-state index contributed by atoms with van der Waals surface area (Å²) in [5, 5.41) is 10.7. The molecule has 0 atom stereocenters. The van der Waals surface area contributed by atoms with E-state index in [-0.39, 0.29) is 42.4 Å². The molecule has 0 aliphatic carbocycles. The zero-order valence-corrected chi connectivity index (χ0v) is 15.2. The smallest absolute Gasteiger partial charge is 0.273 e. The van der Waals surface area contributed by atoms with Gasteiger partial charge in [0.15, 0.2) is 5.82 Å². The lowest BCUT2D eigenvalue weighted by Gasteiger charge is -2.06. The lowest BCUT2D eigenvalue weighted by molar-refractivity contribution is -0.121. The Bertz CT molecular complexity index is 1000. The van der Waals surface area contributed by atoms with Crippen LogP contribution in [0.1, 0.15) is 17.7 Å². The van der Waals surface area contributed by atoms with Gasteiger partial charge < -0.3 is 15.0 Å². The minimum absolute atomic E-state index is 0.0981. The van der Waals surface area contributed by atoms with E-state index < -0.39 is 0 Å². The molecule has 0 saturated carbocycles. The number of nitrogens with zero attached hydrogens (tertiary/aromatic N) is 2. The molecule has 28 heavy (non-hydrogen) atoms. The van der Waals surface area contributed by atoms with Gasteiger partial charge in [0.25, 0.3) is 5.56 Å². The summed E-state index contributed by atoms with van der Waals surface area (Å²) < 4.78 is 18.0. The summed E-state index contributed by atoms with van der Waals surface area (Å²) in [5.74, 6) is 0.482. The number of carbonyl (C=O) groups is 1. The van der Waals surface area contributed by atoms with Gasteiger partial charge in [0.2, 0.25) is 5.91 Å². The minimum atomic E-state index is -0.382. The van der Waals surface area contributed by atoms with Crippen molar-refractivity contribution in [2.24, 2.45) is 0 Å². The van der Waals surface area contributed by atoms with Crippen LogP contribution < -0.4 is 15.6 Å². The molecule has 1 aromatic heterocycles. The van der Waals surface area contributed by atoms with Crippen LogP contribution in [-0.2, 0) is 17.8 Å². The monoisotopic (exact) mass is 382 g/mol. The number of nitrogens with one attached hydrogen (secondary N) is 2. The summed E-state index contributed by atoms with van der Waals surface area (Å²) >= 11 is 0. The predicted octanol–water partition coefficient (Wildman–Crippen LogP) is 2.23. The van der Waals surface area contributed by atoms with Crippen molar-refractivity contribution in [3.05, 3.63) is 76.0 Å². The molecule has 3 rings (SSSR count). The fourth-order valence-electron chi connectivity index (χ4n) is 2.53. The lowest BCUT2D eigenvalue weighted by Crippen LogP contribution is -2.25. The number of amides is 1. The average Bonchev–Trinajstić information content (AvgIpc) is 2.72. The fourth-order valence-corrected chi connectivity index (χ4v) is 2.53. The van der Waals surface area contributed by atoms with E-state index in [0.717, 1.165) is 5.56 Å². The zero-order valence-electron chi connectivity index (χ0n) is 15.2. The normalized spacial score (nSPS) is 10.5. The van der Waals surface area contributed by atoms with Crippen LogP contribution >= 0.6 is 0 Å². The highest BCUT2D eigenvalue weighted by Gasteiger charge is 2.10. The fraction of sp³-hybridized carbons (Fsp3) is 0.200. The number of hydrogen-bond donors (Lipinski definition) is 2. The van der Waals surface area contributed by atoms with Gasteiger partial charge in [-0.3, -0.25) is 9.59 Å². The maximum absolute atomic E-state index is 12.9. The number of H-pyrrole nitrogens is 1. The first-order valence-corrected chi connectivity index (χ1v) is 8.66. The first-order valence-electron chi connectivity index (χ1n) is 8.66. The van der Waals surface area contributed by atoms with Gasteiger partial charge in [-0.05, 0) is 42.0 Å². The Morgan fingerprint density at radius 2 is 1.82 bits per heavy atom. The van der Waals surface area contributed by atoms with E-state index in [0.29, 0.717) is 17.1 Å². The Morgan fingerprint density at radius 1 is 1.11 bits per heavy atom. The van der Waals surface area contributed by atoms with Crippen LogP contribution in [0.5, 0.6) is 5.75 Å². The number of halogens is 1. The first kappa shape index (κ1) is 19.2. The molecule has 8 heteroatoms. The second kappa shape index (κ2) is 8.90. The van der Waals surface area contributed by atoms with Crippen molar-refractivity contribution >= 4 is 5.91 Å². The number of rotatable bonds is 7. The molecule has 1 heterocycles. The van der Waals surface area contributed by atoms with Gasteiger partial charge in [-0.15, -0.1) is 10.2 Å². The van der Waals surface area contributed by atoms with Crippen molar-refractivity contribution < 1.29 is 13.9 Å². The van der Waals surface area contributed by atoms with Gasteiger partial charge in [-0.1, -0.05) is 12.1 Å². The van der Waals surface area contributed by atoms with Crippen molar-refractivity contribution in [2.75, 3.05) is 7.11 Å². The summed E-state index contributed by atoms with van der Waals surface area (Å²) in [5.41, 5.74) is 1.30. The van der Waals surface area contributed by atoms with E-state index in [1.54, 1.807) is 43.5 Å². The minimum Gasteiger partial charge on any atom is -0.497 e. The quantitative estimate of drug-likeness (QED) is 0.653. The summed E-state index contributed by atoms with van der Waals surface area (Å²) in [7, 11) is 1.57. The van der Waals surface area contributed by atoms with Gasteiger partial charge >= 0.3 is 0 Å². The van der Waals surface area contributed by atoms with Crippen LogP contribution in [0, 0.1) is 5.82 Å². The van der Waals surface area contributed by atoms with Gasteiger partial charge in [-0.25, -0.2) is 4.39 Å². The second-order valence-electron chi connectivity index (χ2n) is 6.08. The van der Waals surface area contributed by atoms with E-state index >= 15 is 0 Å². The number of ether oxygens (including phenoxy) is 1. The van der Waals surface area contributed by atoms with Gasteiger partial charge in [-0.2, -0.15) is 0 Å². The van der Waals surface area contributed by atoms with Gasteiger partial charge in [0, 0.05) is 24.9 Å². The maximum Gasteiger partial charge on any atom is 0.273 e. The number of aromatic nitrogens is 3. The molecule has 0 radical (unpaired) electrons. The van der Waals surface area contributed by atoms with Crippen LogP contribution in [0.25, 0.3) is 11.4 Å². The number of methoxy groups -OCH3 is 1. The SMILES string of the molecule is COc1ccc(-c2nnc(CCC(=O)NCc3ccc(F)cc3)c(=O)[nH]2)cc1. The summed E-state index contributed by atoms with van der Waals surface area (Å²) in [6.45, 7) is 0.289. The predicted molar refractivity (Wildman–Crippen MR) is 101 cm³/mol. The third-order valence-corrected chi connectivity index (χ3v) is 4.12. The summed E-state index contributed by atoms with van der Waals surface area (Å²) in [6.07, 6.45) is 0.265. The van der Waals surface area contributed by atoms with Crippen molar-refractivity contribution in [1.29, 1.82) is 0 Å². The van der Waals surface area contributed by atoms with Crippen molar-refractivity contribution in [2.45, 2.75) is 19.4 Å². The molecule has 0 aliphatic heterocycles. The van der Waals surface area contributed by atoms with E-state index in [1.165, 1.54) is 12.1 Å². The molecular formula is C20H19FN4O3. The number of carbonyl (C=O) groups excluding carboxylic acids is 1. The standard InChI is InChI=1S/C20H19FN4O3/c1-28-16-8-4-14(5-9-16)19-23-20(27)17(24-25-19)10-11-18(26)22-12-13-2-6-15(21)7-3-13/h2-9H,10-12H2,1H3,(H,22,26)(H,23,25,27). The van der Waals surface area contributed by atoms with E-state index in [2.05, 4.69) is 20.5 Å². The number of benzene rings is 2. The highest BCUT2D eigenvalue weighted by molar-refractivity contribution is 5.76. The van der Waals surface area contributed by atoms with Crippen molar-refractivity contribution in [3.63, 3.8) is 0 Å². The molecule has 7 nitrogen and oxygen atoms in total. The summed E-state index contributed by atoms with van der Waals surface area (Å²) in [6, 6.07) is 12.9.